The molecule has 1 heterocycles. The standard InChI is InChI=1S/C17H27ClN2O/c1-3-11-20(12-14-7-9-19-10-8-14)13-15-16(18)5-4-6-17(15)21-2/h4-6,14,19H,3,7-13H2,1-2H3. The van der Waals surface area contributed by atoms with Crippen LogP contribution in [-0.4, -0.2) is 38.2 Å². The van der Waals surface area contributed by atoms with Gasteiger partial charge in [-0.15, -0.1) is 0 Å². The lowest BCUT2D eigenvalue weighted by atomic mass is 9.97. The molecule has 0 aliphatic carbocycles. The molecule has 0 bridgehead atoms. The van der Waals surface area contributed by atoms with E-state index in [9.17, 15) is 0 Å². The van der Waals surface area contributed by atoms with Crippen LogP contribution in [0.3, 0.4) is 0 Å². The molecule has 0 atom stereocenters. The molecule has 1 aromatic rings. The van der Waals surface area contributed by atoms with Gasteiger partial charge in [0.05, 0.1) is 7.11 Å². The SMILES string of the molecule is CCCN(Cc1c(Cl)cccc1OC)CC1CCNCC1. The number of piperidine rings is 1. The summed E-state index contributed by atoms with van der Waals surface area (Å²) in [5.41, 5.74) is 1.11. The third-order valence-corrected chi connectivity index (χ3v) is 4.55. The van der Waals surface area contributed by atoms with Gasteiger partial charge in [0.1, 0.15) is 5.75 Å². The summed E-state index contributed by atoms with van der Waals surface area (Å²) in [6.07, 6.45) is 3.72. The monoisotopic (exact) mass is 310 g/mol. The Labute approximate surface area is 133 Å². The number of hydrogen-bond acceptors (Lipinski definition) is 3. The molecule has 0 amide bonds. The van der Waals surface area contributed by atoms with Crippen molar-refractivity contribution in [2.24, 2.45) is 5.92 Å². The molecule has 0 spiro atoms. The van der Waals surface area contributed by atoms with Crippen molar-refractivity contribution in [1.82, 2.24) is 10.2 Å². The van der Waals surface area contributed by atoms with Crippen LogP contribution in [0.25, 0.3) is 0 Å². The van der Waals surface area contributed by atoms with Crippen LogP contribution >= 0.6 is 11.6 Å². The fourth-order valence-electron chi connectivity index (χ4n) is 3.09. The number of hydrogen-bond donors (Lipinski definition) is 1. The molecule has 1 fully saturated rings. The maximum Gasteiger partial charge on any atom is 0.124 e. The van der Waals surface area contributed by atoms with Gasteiger partial charge >= 0.3 is 0 Å². The van der Waals surface area contributed by atoms with Crippen LogP contribution in [0.4, 0.5) is 0 Å². The molecule has 0 unspecified atom stereocenters. The minimum absolute atomic E-state index is 0.797. The Kier molecular flexibility index (Phi) is 6.81. The predicted molar refractivity (Wildman–Crippen MR) is 89.2 cm³/mol. The first-order valence-electron chi connectivity index (χ1n) is 7.99. The second-order valence-electron chi connectivity index (χ2n) is 5.85. The Morgan fingerprint density at radius 2 is 2.10 bits per heavy atom. The van der Waals surface area contributed by atoms with Gasteiger partial charge in [-0.2, -0.15) is 0 Å². The van der Waals surface area contributed by atoms with E-state index in [4.69, 9.17) is 16.3 Å². The van der Waals surface area contributed by atoms with Gasteiger partial charge in [-0.05, 0) is 56.9 Å². The molecule has 1 aliphatic heterocycles. The molecule has 3 nitrogen and oxygen atoms in total. The zero-order chi connectivity index (χ0) is 15.1. The Morgan fingerprint density at radius 3 is 2.76 bits per heavy atom. The van der Waals surface area contributed by atoms with Crippen molar-refractivity contribution >= 4 is 11.6 Å². The first kappa shape index (κ1) is 16.6. The number of benzene rings is 1. The van der Waals surface area contributed by atoms with Crippen molar-refractivity contribution < 1.29 is 4.74 Å². The van der Waals surface area contributed by atoms with E-state index in [1.54, 1.807) is 7.11 Å². The number of halogens is 1. The lowest BCUT2D eigenvalue weighted by Crippen LogP contribution is -2.36. The summed E-state index contributed by atoms with van der Waals surface area (Å²) in [5.74, 6) is 1.69. The van der Waals surface area contributed by atoms with Crippen molar-refractivity contribution in [2.45, 2.75) is 32.7 Å². The molecule has 1 aromatic carbocycles. The summed E-state index contributed by atoms with van der Waals surface area (Å²) in [6.45, 7) is 7.68. The molecule has 118 valence electrons. The van der Waals surface area contributed by atoms with E-state index >= 15 is 0 Å². The van der Waals surface area contributed by atoms with Gasteiger partial charge in [-0.1, -0.05) is 24.6 Å². The number of ether oxygens (including phenoxy) is 1. The zero-order valence-corrected chi connectivity index (χ0v) is 14.0. The Balaban J connectivity index is 2.04. The van der Waals surface area contributed by atoms with Gasteiger partial charge in [0.25, 0.3) is 0 Å². The predicted octanol–water partition coefficient (Wildman–Crippen LogP) is 3.56. The third-order valence-electron chi connectivity index (χ3n) is 4.19. The molecule has 1 saturated heterocycles. The molecular weight excluding hydrogens is 284 g/mol. The topological polar surface area (TPSA) is 24.5 Å². The quantitative estimate of drug-likeness (QED) is 0.833. The molecule has 1 aliphatic rings. The molecule has 21 heavy (non-hydrogen) atoms. The summed E-state index contributed by atoms with van der Waals surface area (Å²) in [5, 5.41) is 4.24. The van der Waals surface area contributed by atoms with Gasteiger partial charge in [0.2, 0.25) is 0 Å². The van der Waals surface area contributed by atoms with Crippen LogP contribution in [-0.2, 0) is 6.54 Å². The first-order valence-corrected chi connectivity index (χ1v) is 8.36. The molecule has 2 rings (SSSR count). The highest BCUT2D eigenvalue weighted by Crippen LogP contribution is 2.28. The van der Waals surface area contributed by atoms with E-state index in [1.165, 1.54) is 12.8 Å². The first-order chi connectivity index (χ1) is 10.2. The molecule has 0 radical (unpaired) electrons. The van der Waals surface area contributed by atoms with Crippen LogP contribution in [0.1, 0.15) is 31.7 Å². The summed E-state index contributed by atoms with van der Waals surface area (Å²) < 4.78 is 5.47. The van der Waals surface area contributed by atoms with Crippen molar-refractivity contribution in [3.63, 3.8) is 0 Å². The molecule has 4 heteroatoms. The van der Waals surface area contributed by atoms with Crippen LogP contribution in [0.2, 0.25) is 5.02 Å². The van der Waals surface area contributed by atoms with Gasteiger partial charge in [-0.3, -0.25) is 4.90 Å². The average Bonchev–Trinajstić information content (AvgIpc) is 2.50. The molecular formula is C17H27ClN2O. The third kappa shape index (κ3) is 4.87. The normalized spacial score (nSPS) is 16.4. The highest BCUT2D eigenvalue weighted by atomic mass is 35.5. The van der Waals surface area contributed by atoms with Crippen LogP contribution in [0, 0.1) is 5.92 Å². The van der Waals surface area contributed by atoms with Crippen molar-refractivity contribution in [2.75, 3.05) is 33.3 Å². The number of nitrogens with one attached hydrogen (secondary N) is 1. The van der Waals surface area contributed by atoms with Crippen molar-refractivity contribution in [1.29, 1.82) is 0 Å². The summed E-state index contributed by atoms with van der Waals surface area (Å²) >= 11 is 6.38. The second-order valence-corrected chi connectivity index (χ2v) is 6.26. The Hall–Kier alpha value is -0.770. The smallest absolute Gasteiger partial charge is 0.124 e. The summed E-state index contributed by atoms with van der Waals surface area (Å²) in [7, 11) is 1.71. The minimum atomic E-state index is 0.797. The average molecular weight is 311 g/mol. The minimum Gasteiger partial charge on any atom is -0.496 e. The zero-order valence-electron chi connectivity index (χ0n) is 13.2. The highest BCUT2D eigenvalue weighted by molar-refractivity contribution is 6.31. The summed E-state index contributed by atoms with van der Waals surface area (Å²) in [6, 6.07) is 5.89. The highest BCUT2D eigenvalue weighted by Gasteiger charge is 2.18. The largest absolute Gasteiger partial charge is 0.496 e. The molecule has 1 N–H and O–H groups in total. The second kappa shape index (κ2) is 8.62. The van der Waals surface area contributed by atoms with Gasteiger partial charge in [0.15, 0.2) is 0 Å². The molecule has 0 saturated carbocycles. The van der Waals surface area contributed by atoms with E-state index in [1.807, 2.05) is 18.2 Å². The maximum atomic E-state index is 6.38. The van der Waals surface area contributed by atoms with Crippen molar-refractivity contribution in [3.8, 4) is 5.75 Å². The lowest BCUT2D eigenvalue weighted by molar-refractivity contribution is 0.197. The molecule has 0 aromatic heterocycles. The Bertz CT molecular complexity index is 433. The van der Waals surface area contributed by atoms with Gasteiger partial charge in [0, 0.05) is 23.7 Å². The van der Waals surface area contributed by atoms with Gasteiger partial charge < -0.3 is 10.1 Å². The lowest BCUT2D eigenvalue weighted by Gasteiger charge is -2.30. The van der Waals surface area contributed by atoms with Gasteiger partial charge in [-0.25, -0.2) is 0 Å². The van der Waals surface area contributed by atoms with E-state index in [0.717, 1.165) is 61.4 Å². The fourth-order valence-corrected chi connectivity index (χ4v) is 3.31. The number of nitrogens with zero attached hydrogens (tertiary/aromatic N) is 1. The van der Waals surface area contributed by atoms with Crippen molar-refractivity contribution in [3.05, 3.63) is 28.8 Å². The van der Waals surface area contributed by atoms with E-state index in [-0.39, 0.29) is 0 Å². The number of methoxy groups -OCH3 is 1. The van der Waals surface area contributed by atoms with Crippen LogP contribution in [0.5, 0.6) is 5.75 Å². The summed E-state index contributed by atoms with van der Waals surface area (Å²) in [4.78, 5) is 2.53. The van der Waals surface area contributed by atoms with E-state index in [0.29, 0.717) is 0 Å². The van der Waals surface area contributed by atoms with Crippen LogP contribution in [0.15, 0.2) is 18.2 Å². The maximum absolute atomic E-state index is 6.38. The van der Waals surface area contributed by atoms with Crippen LogP contribution < -0.4 is 10.1 Å². The number of rotatable bonds is 7. The van der Waals surface area contributed by atoms with E-state index < -0.39 is 0 Å². The fraction of sp³-hybridized carbons (Fsp3) is 0.647. The van der Waals surface area contributed by atoms with E-state index in [2.05, 4.69) is 17.1 Å². The Morgan fingerprint density at radius 1 is 1.33 bits per heavy atom.